The van der Waals surface area contributed by atoms with Gasteiger partial charge in [0.2, 0.25) is 0 Å². The quantitative estimate of drug-likeness (QED) is 0.870. The second-order valence-corrected chi connectivity index (χ2v) is 11.0. The van der Waals surface area contributed by atoms with Crippen molar-refractivity contribution in [1.29, 1.82) is 0 Å². The molecule has 1 atom stereocenters. The topological polar surface area (TPSA) is 55.4 Å². The number of hydrogen-bond acceptors (Lipinski definition) is 3. The van der Waals surface area contributed by atoms with Crippen LogP contribution in [0.1, 0.15) is 27.7 Å². The number of rotatable bonds is 4. The van der Waals surface area contributed by atoms with Crippen LogP contribution in [0.4, 0.5) is 4.79 Å². The summed E-state index contributed by atoms with van der Waals surface area (Å²) < 4.78 is 5.19. The summed E-state index contributed by atoms with van der Waals surface area (Å²) in [4.78, 5) is 24.4. The third kappa shape index (κ3) is 5.01. The molecule has 1 aromatic carbocycles. The maximum Gasteiger partial charge on any atom is 0.408 e. The second kappa shape index (κ2) is 6.43. The average molecular weight is 307 g/mol. The molecule has 0 aliphatic rings. The molecule has 0 saturated heterocycles. The Kier molecular flexibility index (Phi) is 5.34. The molecule has 1 aromatic rings. The van der Waals surface area contributed by atoms with E-state index in [-0.39, 0.29) is 5.41 Å². The number of alkyl carbamates (subject to hydrolysis) is 1. The predicted molar refractivity (Wildman–Crippen MR) is 87.4 cm³/mol. The van der Waals surface area contributed by atoms with Gasteiger partial charge < -0.3 is 14.8 Å². The fraction of sp³-hybridized carbons (Fsp3) is 0.500. The first-order valence-corrected chi connectivity index (χ1v) is 10.1. The molecule has 0 radical (unpaired) electrons. The largest absolute Gasteiger partial charge is 0.444 e. The number of ether oxygens (including phenoxy) is 1. The van der Waals surface area contributed by atoms with Crippen molar-refractivity contribution < 1.29 is 14.3 Å². The summed E-state index contributed by atoms with van der Waals surface area (Å²) in [6.07, 6.45) is -0.554. The van der Waals surface area contributed by atoms with E-state index in [0.717, 1.165) is 5.19 Å². The number of carbonyl (C=O) groups excluding carboxylic acids is 2. The van der Waals surface area contributed by atoms with Crippen LogP contribution in [0.3, 0.4) is 0 Å². The van der Waals surface area contributed by atoms with Crippen LogP contribution in [-0.4, -0.2) is 31.2 Å². The zero-order valence-electron chi connectivity index (χ0n) is 13.7. The third-order valence-electron chi connectivity index (χ3n) is 3.24. The minimum Gasteiger partial charge on any atom is -0.444 e. The van der Waals surface area contributed by atoms with Crippen molar-refractivity contribution in [3.63, 3.8) is 0 Å². The molecule has 116 valence electrons. The Morgan fingerprint density at radius 3 is 2.14 bits per heavy atom. The normalized spacial score (nSPS) is 13.4. The third-order valence-corrected chi connectivity index (χ3v) is 6.68. The van der Waals surface area contributed by atoms with Gasteiger partial charge >= 0.3 is 6.09 Å². The van der Waals surface area contributed by atoms with Gasteiger partial charge in [0.05, 0.1) is 6.04 Å². The summed E-state index contributed by atoms with van der Waals surface area (Å²) in [5.74, 6) is 0. The Morgan fingerprint density at radius 1 is 1.14 bits per heavy atom. The van der Waals surface area contributed by atoms with Gasteiger partial charge in [0, 0.05) is 0 Å². The molecule has 0 fully saturated rings. The molecule has 0 saturated carbocycles. The molecule has 0 bridgehead atoms. The minimum absolute atomic E-state index is 0.0829. The first-order chi connectivity index (χ1) is 9.54. The van der Waals surface area contributed by atoms with Crippen molar-refractivity contribution in [3.8, 4) is 0 Å². The van der Waals surface area contributed by atoms with E-state index in [1.807, 2.05) is 43.4 Å². The van der Waals surface area contributed by atoms with Gasteiger partial charge in [-0.25, -0.2) is 4.79 Å². The highest BCUT2D eigenvalue weighted by Gasteiger charge is 2.36. The molecule has 5 heteroatoms. The van der Waals surface area contributed by atoms with Gasteiger partial charge in [0.15, 0.2) is 8.07 Å². The van der Waals surface area contributed by atoms with Crippen molar-refractivity contribution in [2.45, 2.75) is 52.4 Å². The van der Waals surface area contributed by atoms with Gasteiger partial charge in [0.1, 0.15) is 11.0 Å². The van der Waals surface area contributed by atoms with Crippen LogP contribution in [0, 0.1) is 0 Å². The molecule has 4 nitrogen and oxygen atoms in total. The Morgan fingerprint density at radius 2 is 1.67 bits per heavy atom. The summed E-state index contributed by atoms with van der Waals surface area (Å²) in [6, 6.07) is 9.20. The molecule has 1 N–H and O–H groups in total. The van der Waals surface area contributed by atoms with E-state index < -0.39 is 25.8 Å². The van der Waals surface area contributed by atoms with Crippen LogP contribution in [0.15, 0.2) is 30.3 Å². The van der Waals surface area contributed by atoms with Gasteiger partial charge in [-0.1, -0.05) is 48.6 Å². The number of nitrogens with one attached hydrogen (secondary N) is 1. The van der Waals surface area contributed by atoms with E-state index in [1.54, 1.807) is 27.7 Å². The summed E-state index contributed by atoms with van der Waals surface area (Å²) in [5, 5.41) is 3.78. The molecule has 1 amide bonds. The standard InChI is InChI=1S/C16H25NO3Si/c1-12(17-15(19)20-16(2,3)4)14(18)21(5,6)13-10-8-7-9-11-13/h7-12H,1-6H3,(H,17,19)/t12-/m0/s1. The number of hydrogen-bond donors (Lipinski definition) is 1. The van der Waals surface area contributed by atoms with Crippen molar-refractivity contribution >= 4 is 24.8 Å². The first-order valence-electron chi connectivity index (χ1n) is 7.13. The zero-order chi connectivity index (χ0) is 16.3. The Balaban J connectivity index is 2.76. The lowest BCUT2D eigenvalue weighted by Gasteiger charge is -2.27. The van der Waals surface area contributed by atoms with Crippen molar-refractivity contribution in [3.05, 3.63) is 30.3 Å². The maximum absolute atomic E-state index is 12.7. The molecule has 21 heavy (non-hydrogen) atoms. The van der Waals surface area contributed by atoms with Gasteiger partial charge in [-0.2, -0.15) is 0 Å². The summed E-state index contributed by atoms with van der Waals surface area (Å²) in [7, 11) is -2.28. The van der Waals surface area contributed by atoms with Crippen LogP contribution in [0.5, 0.6) is 0 Å². The monoisotopic (exact) mass is 307 g/mol. The molecule has 0 aliphatic heterocycles. The maximum atomic E-state index is 12.7. The van der Waals surface area contributed by atoms with E-state index in [4.69, 9.17) is 4.74 Å². The van der Waals surface area contributed by atoms with E-state index in [9.17, 15) is 9.59 Å². The Bertz CT molecular complexity index is 506. The highest BCUT2D eigenvalue weighted by atomic mass is 28.3. The van der Waals surface area contributed by atoms with Crippen LogP contribution in [-0.2, 0) is 9.53 Å². The molecule has 0 aliphatic carbocycles. The van der Waals surface area contributed by atoms with Crippen LogP contribution in [0.2, 0.25) is 13.1 Å². The molecule has 0 aromatic heterocycles. The summed E-state index contributed by atoms with van der Waals surface area (Å²) in [6.45, 7) is 11.1. The van der Waals surface area contributed by atoms with Crippen LogP contribution < -0.4 is 10.5 Å². The van der Waals surface area contributed by atoms with E-state index >= 15 is 0 Å². The average Bonchev–Trinajstić information content (AvgIpc) is 2.36. The molecule has 1 rings (SSSR count). The number of amides is 1. The first kappa shape index (κ1) is 17.4. The second-order valence-electron chi connectivity index (χ2n) is 6.72. The summed E-state index contributed by atoms with van der Waals surface area (Å²) >= 11 is 0. The lowest BCUT2D eigenvalue weighted by atomic mass is 10.2. The van der Waals surface area contributed by atoms with Crippen LogP contribution in [0.25, 0.3) is 0 Å². The number of carbonyl (C=O) groups is 2. The molecule has 0 spiro atoms. The SMILES string of the molecule is C[C@H](NC(=O)OC(C)(C)C)C(=O)[Si](C)(C)c1ccccc1. The van der Waals surface area contributed by atoms with Gasteiger partial charge in [0.25, 0.3) is 0 Å². The van der Waals surface area contributed by atoms with E-state index in [2.05, 4.69) is 5.32 Å². The van der Waals surface area contributed by atoms with Crippen LogP contribution >= 0.6 is 0 Å². The molecular formula is C16H25NO3Si. The van der Waals surface area contributed by atoms with Gasteiger partial charge in [-0.3, -0.25) is 0 Å². The Labute approximate surface area is 127 Å². The minimum atomic E-state index is -2.28. The lowest BCUT2D eigenvalue weighted by Crippen LogP contribution is -2.57. The van der Waals surface area contributed by atoms with E-state index in [0.29, 0.717) is 0 Å². The molecule has 0 unspecified atom stereocenters. The predicted octanol–water partition coefficient (Wildman–Crippen LogP) is 2.62. The van der Waals surface area contributed by atoms with Crippen molar-refractivity contribution in [1.82, 2.24) is 5.32 Å². The van der Waals surface area contributed by atoms with Gasteiger partial charge in [-0.05, 0) is 27.7 Å². The smallest absolute Gasteiger partial charge is 0.408 e. The molecular weight excluding hydrogens is 282 g/mol. The Hall–Kier alpha value is -1.62. The van der Waals surface area contributed by atoms with E-state index in [1.165, 1.54) is 0 Å². The van der Waals surface area contributed by atoms with Crippen molar-refractivity contribution in [2.24, 2.45) is 0 Å². The highest BCUT2D eigenvalue weighted by molar-refractivity contribution is 7.13. The van der Waals surface area contributed by atoms with Crippen molar-refractivity contribution in [2.75, 3.05) is 0 Å². The fourth-order valence-corrected chi connectivity index (χ4v) is 4.55. The highest BCUT2D eigenvalue weighted by Crippen LogP contribution is 2.10. The fourth-order valence-electron chi connectivity index (χ4n) is 2.09. The molecule has 0 heterocycles. The zero-order valence-corrected chi connectivity index (χ0v) is 14.7. The number of benzene rings is 1. The summed E-state index contributed by atoms with van der Waals surface area (Å²) in [5.41, 5.74) is -0.570. The van der Waals surface area contributed by atoms with Gasteiger partial charge in [-0.15, -0.1) is 0 Å². The lowest BCUT2D eigenvalue weighted by molar-refractivity contribution is -0.114.